The topological polar surface area (TPSA) is 38.8 Å². The fourth-order valence-corrected chi connectivity index (χ4v) is 4.27. The lowest BCUT2D eigenvalue weighted by Crippen LogP contribution is -2.51. The van der Waals surface area contributed by atoms with Gasteiger partial charge in [-0.1, -0.05) is 48.9 Å². The molecule has 4 heteroatoms. The molecule has 2 aromatic carbocycles. The van der Waals surface area contributed by atoms with E-state index in [1.807, 2.05) is 18.2 Å². The SMILES string of the molecule is O=C(Cc1ccc2ccccc2c1)OC1CCCCC1N1CCOCC1. The van der Waals surface area contributed by atoms with Gasteiger partial charge in [-0.2, -0.15) is 0 Å². The largest absolute Gasteiger partial charge is 0.460 e. The molecule has 0 amide bonds. The Morgan fingerprint density at radius 2 is 1.81 bits per heavy atom. The average Bonchev–Trinajstić information content (AvgIpc) is 2.69. The van der Waals surface area contributed by atoms with Crippen LogP contribution in [0.1, 0.15) is 31.2 Å². The Balaban J connectivity index is 1.40. The highest BCUT2D eigenvalue weighted by Gasteiger charge is 2.33. The van der Waals surface area contributed by atoms with E-state index in [4.69, 9.17) is 9.47 Å². The number of ether oxygens (including phenoxy) is 2. The Morgan fingerprint density at radius 1 is 1.04 bits per heavy atom. The molecule has 0 bridgehead atoms. The van der Waals surface area contributed by atoms with E-state index >= 15 is 0 Å². The maximum absolute atomic E-state index is 12.6. The molecule has 1 heterocycles. The molecular weight excluding hydrogens is 326 g/mol. The molecule has 2 unspecified atom stereocenters. The smallest absolute Gasteiger partial charge is 0.310 e. The van der Waals surface area contributed by atoms with Crippen molar-refractivity contribution in [2.24, 2.45) is 0 Å². The lowest BCUT2D eigenvalue weighted by atomic mass is 9.91. The molecular formula is C22H27NO3. The van der Waals surface area contributed by atoms with Crippen LogP contribution < -0.4 is 0 Å². The van der Waals surface area contributed by atoms with Crippen LogP contribution in [0.3, 0.4) is 0 Å². The molecule has 26 heavy (non-hydrogen) atoms. The van der Waals surface area contributed by atoms with E-state index in [1.54, 1.807) is 0 Å². The summed E-state index contributed by atoms with van der Waals surface area (Å²) in [6.45, 7) is 3.47. The summed E-state index contributed by atoms with van der Waals surface area (Å²) in [5.74, 6) is -0.106. The molecule has 138 valence electrons. The molecule has 2 fully saturated rings. The summed E-state index contributed by atoms with van der Waals surface area (Å²) in [5, 5.41) is 2.37. The number of hydrogen-bond acceptors (Lipinski definition) is 4. The molecule has 0 N–H and O–H groups in total. The van der Waals surface area contributed by atoms with Crippen LogP contribution in [0.5, 0.6) is 0 Å². The fraction of sp³-hybridized carbons (Fsp3) is 0.500. The van der Waals surface area contributed by atoms with Gasteiger partial charge in [0.2, 0.25) is 0 Å². The molecule has 0 aromatic heterocycles. The van der Waals surface area contributed by atoms with Crippen LogP contribution in [0.2, 0.25) is 0 Å². The van der Waals surface area contributed by atoms with Gasteiger partial charge in [0.05, 0.1) is 19.6 Å². The monoisotopic (exact) mass is 353 g/mol. The number of morpholine rings is 1. The van der Waals surface area contributed by atoms with E-state index in [0.29, 0.717) is 12.5 Å². The highest BCUT2D eigenvalue weighted by Crippen LogP contribution is 2.27. The molecule has 2 atom stereocenters. The van der Waals surface area contributed by atoms with Gasteiger partial charge in [0, 0.05) is 19.1 Å². The van der Waals surface area contributed by atoms with Crippen LogP contribution in [0.25, 0.3) is 10.8 Å². The number of carbonyl (C=O) groups is 1. The van der Waals surface area contributed by atoms with Crippen LogP contribution in [0.4, 0.5) is 0 Å². The quantitative estimate of drug-likeness (QED) is 0.788. The number of fused-ring (bicyclic) bond motifs is 1. The van der Waals surface area contributed by atoms with Crippen molar-refractivity contribution in [1.29, 1.82) is 0 Å². The zero-order valence-electron chi connectivity index (χ0n) is 15.2. The Kier molecular flexibility index (Phi) is 5.51. The summed E-state index contributed by atoms with van der Waals surface area (Å²) < 4.78 is 11.4. The van der Waals surface area contributed by atoms with E-state index in [-0.39, 0.29) is 12.1 Å². The van der Waals surface area contributed by atoms with Crippen molar-refractivity contribution in [2.75, 3.05) is 26.3 Å². The molecule has 4 nitrogen and oxygen atoms in total. The molecule has 1 saturated heterocycles. The number of hydrogen-bond donors (Lipinski definition) is 0. The second-order valence-corrected chi connectivity index (χ2v) is 7.39. The Bertz CT molecular complexity index is 754. The second kappa shape index (κ2) is 8.19. The minimum atomic E-state index is -0.106. The van der Waals surface area contributed by atoms with Gasteiger partial charge in [0.15, 0.2) is 0 Å². The summed E-state index contributed by atoms with van der Waals surface area (Å²) in [7, 11) is 0. The molecule has 4 rings (SSSR count). The normalized spacial score (nSPS) is 24.5. The van der Waals surface area contributed by atoms with Gasteiger partial charge in [-0.3, -0.25) is 9.69 Å². The van der Waals surface area contributed by atoms with Gasteiger partial charge in [0.1, 0.15) is 6.10 Å². The Labute approximate surface area is 155 Å². The second-order valence-electron chi connectivity index (χ2n) is 7.39. The number of nitrogens with zero attached hydrogens (tertiary/aromatic N) is 1. The summed E-state index contributed by atoms with van der Waals surface area (Å²) in [5.41, 5.74) is 1.02. The van der Waals surface area contributed by atoms with Crippen molar-refractivity contribution in [3.63, 3.8) is 0 Å². The zero-order chi connectivity index (χ0) is 17.8. The van der Waals surface area contributed by atoms with Crippen LogP contribution in [0, 0.1) is 0 Å². The highest BCUT2D eigenvalue weighted by atomic mass is 16.5. The first-order valence-corrected chi connectivity index (χ1v) is 9.78. The summed E-state index contributed by atoms with van der Waals surface area (Å²) >= 11 is 0. The summed E-state index contributed by atoms with van der Waals surface area (Å²) in [6, 6.07) is 14.8. The number of benzene rings is 2. The van der Waals surface area contributed by atoms with Crippen LogP contribution >= 0.6 is 0 Å². The van der Waals surface area contributed by atoms with Crippen LogP contribution in [-0.2, 0) is 20.7 Å². The summed E-state index contributed by atoms with van der Waals surface area (Å²) in [4.78, 5) is 15.0. The Hall–Kier alpha value is -1.91. The molecule has 0 radical (unpaired) electrons. The predicted octanol–water partition coefficient (Wildman–Crippen LogP) is 3.57. The first kappa shape index (κ1) is 17.5. The van der Waals surface area contributed by atoms with Gasteiger partial charge >= 0.3 is 5.97 Å². The van der Waals surface area contributed by atoms with Crippen LogP contribution in [0.15, 0.2) is 42.5 Å². The third kappa shape index (κ3) is 4.08. The van der Waals surface area contributed by atoms with Crippen molar-refractivity contribution in [1.82, 2.24) is 4.90 Å². The summed E-state index contributed by atoms with van der Waals surface area (Å²) in [6.07, 6.45) is 4.83. The number of esters is 1. The first-order valence-electron chi connectivity index (χ1n) is 9.78. The van der Waals surface area contributed by atoms with Gasteiger partial charge < -0.3 is 9.47 Å². The van der Waals surface area contributed by atoms with Gasteiger partial charge in [-0.05, 0) is 35.6 Å². The molecule has 2 aliphatic rings. The molecule has 2 aromatic rings. The molecule has 1 aliphatic carbocycles. The zero-order valence-corrected chi connectivity index (χ0v) is 15.2. The first-order chi connectivity index (χ1) is 12.8. The van der Waals surface area contributed by atoms with Crippen LogP contribution in [-0.4, -0.2) is 49.3 Å². The number of rotatable bonds is 4. The van der Waals surface area contributed by atoms with E-state index in [1.165, 1.54) is 17.2 Å². The molecule has 0 spiro atoms. The third-order valence-electron chi connectivity index (χ3n) is 5.63. The minimum Gasteiger partial charge on any atom is -0.460 e. The van der Waals surface area contributed by atoms with Gasteiger partial charge in [-0.25, -0.2) is 0 Å². The average molecular weight is 353 g/mol. The highest BCUT2D eigenvalue weighted by molar-refractivity contribution is 5.84. The maximum atomic E-state index is 12.6. The van der Waals surface area contributed by atoms with E-state index in [2.05, 4.69) is 29.2 Å². The maximum Gasteiger partial charge on any atom is 0.310 e. The predicted molar refractivity (Wildman–Crippen MR) is 102 cm³/mol. The van der Waals surface area contributed by atoms with E-state index in [0.717, 1.165) is 51.1 Å². The van der Waals surface area contributed by atoms with Crippen molar-refractivity contribution in [2.45, 2.75) is 44.2 Å². The van der Waals surface area contributed by atoms with Gasteiger partial charge in [0.25, 0.3) is 0 Å². The lowest BCUT2D eigenvalue weighted by Gasteiger charge is -2.41. The minimum absolute atomic E-state index is 0.0230. The molecule has 1 saturated carbocycles. The fourth-order valence-electron chi connectivity index (χ4n) is 4.27. The van der Waals surface area contributed by atoms with Gasteiger partial charge in [-0.15, -0.1) is 0 Å². The van der Waals surface area contributed by atoms with Crippen molar-refractivity contribution in [3.8, 4) is 0 Å². The number of carbonyl (C=O) groups excluding carboxylic acids is 1. The Morgan fingerprint density at radius 3 is 2.65 bits per heavy atom. The third-order valence-corrected chi connectivity index (χ3v) is 5.63. The van der Waals surface area contributed by atoms with Crippen molar-refractivity contribution in [3.05, 3.63) is 48.0 Å². The van der Waals surface area contributed by atoms with E-state index < -0.39 is 0 Å². The molecule has 1 aliphatic heterocycles. The van der Waals surface area contributed by atoms with E-state index in [9.17, 15) is 4.79 Å². The van der Waals surface area contributed by atoms with Crippen molar-refractivity contribution < 1.29 is 14.3 Å². The lowest BCUT2D eigenvalue weighted by molar-refractivity contribution is -0.155. The van der Waals surface area contributed by atoms with Crippen molar-refractivity contribution >= 4 is 16.7 Å². The standard InChI is InChI=1S/C22H27NO3/c24-22(16-17-9-10-18-5-1-2-6-19(18)15-17)26-21-8-4-3-7-20(21)23-11-13-25-14-12-23/h1-2,5-6,9-10,15,20-21H,3-4,7-8,11-14,16H2.